The summed E-state index contributed by atoms with van der Waals surface area (Å²) in [4.78, 5) is 10.7. The minimum absolute atomic E-state index is 0.537. The van der Waals surface area contributed by atoms with Crippen LogP contribution < -0.4 is 4.74 Å². The van der Waals surface area contributed by atoms with Gasteiger partial charge in [-0.25, -0.2) is 0 Å². The van der Waals surface area contributed by atoms with Crippen molar-refractivity contribution in [2.75, 3.05) is 0 Å². The summed E-state index contributed by atoms with van der Waals surface area (Å²) in [5.41, 5.74) is 1.52. The molecule has 0 amide bonds. The van der Waals surface area contributed by atoms with Gasteiger partial charge in [0.15, 0.2) is 0 Å². The fourth-order valence-corrected chi connectivity index (χ4v) is 2.02. The average molecular weight is 326 g/mol. The molecule has 0 saturated carbocycles. The number of rotatable bonds is 3. The second-order valence-electron chi connectivity index (χ2n) is 3.81. The summed E-state index contributed by atoms with van der Waals surface area (Å²) in [7, 11) is 0. The molecule has 2 nitrogen and oxygen atoms in total. The molecule has 2 aromatic carbocycles. The van der Waals surface area contributed by atoms with Crippen LogP contribution in [0, 0.1) is 6.92 Å². The average Bonchev–Trinajstić information content (AvgIpc) is 2.34. The smallest absolute Gasteiger partial charge is 0.150 e. The van der Waals surface area contributed by atoms with Gasteiger partial charge < -0.3 is 4.74 Å². The molecule has 0 atom stereocenters. The Labute approximate surface area is 119 Å². The van der Waals surface area contributed by atoms with Gasteiger partial charge in [-0.1, -0.05) is 27.5 Å². The number of hydrogen-bond acceptors (Lipinski definition) is 2. The van der Waals surface area contributed by atoms with Crippen LogP contribution >= 0.6 is 27.5 Å². The van der Waals surface area contributed by atoms with E-state index in [9.17, 15) is 4.79 Å². The number of halogens is 2. The van der Waals surface area contributed by atoms with Gasteiger partial charge in [0.1, 0.15) is 17.8 Å². The first-order valence-corrected chi connectivity index (χ1v) is 6.46. The van der Waals surface area contributed by atoms with E-state index in [4.69, 9.17) is 16.3 Å². The minimum atomic E-state index is 0.537. The van der Waals surface area contributed by atoms with Crippen LogP contribution in [-0.2, 0) is 0 Å². The molecule has 0 aromatic heterocycles. The lowest BCUT2D eigenvalue weighted by molar-refractivity contribution is 0.112. The summed E-state index contributed by atoms with van der Waals surface area (Å²) >= 11 is 9.40. The highest BCUT2D eigenvalue weighted by molar-refractivity contribution is 9.10. The van der Waals surface area contributed by atoms with Gasteiger partial charge in [0.2, 0.25) is 0 Å². The zero-order chi connectivity index (χ0) is 13.1. The molecule has 0 radical (unpaired) electrons. The third-order valence-corrected chi connectivity index (χ3v) is 3.29. The van der Waals surface area contributed by atoms with Crippen LogP contribution in [0.15, 0.2) is 40.9 Å². The molecule has 0 aliphatic carbocycles. The monoisotopic (exact) mass is 324 g/mol. The van der Waals surface area contributed by atoms with E-state index in [1.54, 1.807) is 30.3 Å². The van der Waals surface area contributed by atoms with Gasteiger partial charge in [0.05, 0.1) is 5.02 Å². The van der Waals surface area contributed by atoms with Crippen molar-refractivity contribution in [2.24, 2.45) is 0 Å². The zero-order valence-electron chi connectivity index (χ0n) is 9.61. The van der Waals surface area contributed by atoms with Gasteiger partial charge in [0, 0.05) is 10.0 Å². The Morgan fingerprint density at radius 1 is 1.22 bits per heavy atom. The first kappa shape index (κ1) is 13.1. The van der Waals surface area contributed by atoms with Crippen LogP contribution in [0.5, 0.6) is 11.5 Å². The Kier molecular flexibility index (Phi) is 4.04. The van der Waals surface area contributed by atoms with Crippen molar-refractivity contribution in [1.82, 2.24) is 0 Å². The van der Waals surface area contributed by atoms with Gasteiger partial charge in [0.25, 0.3) is 0 Å². The summed E-state index contributed by atoms with van der Waals surface area (Å²) in [6, 6.07) is 10.7. The summed E-state index contributed by atoms with van der Waals surface area (Å²) in [5.74, 6) is 1.22. The SMILES string of the molecule is Cc1cc(Oc2cc(Br)ccc2Cl)ccc1C=O. The van der Waals surface area contributed by atoms with E-state index >= 15 is 0 Å². The minimum Gasteiger partial charge on any atom is -0.456 e. The molecule has 0 aliphatic rings. The number of carbonyl (C=O) groups is 1. The first-order chi connectivity index (χ1) is 8.60. The lowest BCUT2D eigenvalue weighted by Gasteiger charge is -2.09. The molecule has 0 fully saturated rings. The number of aldehydes is 1. The predicted molar refractivity (Wildman–Crippen MR) is 75.8 cm³/mol. The van der Waals surface area contributed by atoms with E-state index in [1.807, 2.05) is 13.0 Å². The highest BCUT2D eigenvalue weighted by Crippen LogP contribution is 2.32. The molecule has 2 rings (SSSR count). The number of aryl methyl sites for hydroxylation is 1. The van der Waals surface area contributed by atoms with Crippen molar-refractivity contribution in [1.29, 1.82) is 0 Å². The van der Waals surface area contributed by atoms with E-state index < -0.39 is 0 Å². The standard InChI is InChI=1S/C14H10BrClO2/c1-9-6-12(4-2-10(9)8-17)18-14-7-11(15)3-5-13(14)16/h2-8H,1H3. The van der Waals surface area contributed by atoms with Crippen molar-refractivity contribution < 1.29 is 9.53 Å². The molecule has 0 aliphatic heterocycles. The highest BCUT2D eigenvalue weighted by Gasteiger charge is 2.05. The first-order valence-electron chi connectivity index (χ1n) is 5.29. The topological polar surface area (TPSA) is 26.3 Å². The molecule has 0 bridgehead atoms. The van der Waals surface area contributed by atoms with Gasteiger partial charge >= 0.3 is 0 Å². The molecular formula is C14H10BrClO2. The third kappa shape index (κ3) is 2.92. The van der Waals surface area contributed by atoms with E-state index in [-0.39, 0.29) is 0 Å². The highest BCUT2D eigenvalue weighted by atomic mass is 79.9. The van der Waals surface area contributed by atoms with Crippen molar-refractivity contribution in [3.63, 3.8) is 0 Å². The molecule has 4 heteroatoms. The maximum atomic E-state index is 10.7. The van der Waals surface area contributed by atoms with E-state index in [0.717, 1.165) is 16.3 Å². The molecule has 2 aromatic rings. The molecule has 0 spiro atoms. The number of carbonyl (C=O) groups excluding carboxylic acids is 1. The second kappa shape index (κ2) is 5.55. The number of ether oxygens (including phenoxy) is 1. The van der Waals surface area contributed by atoms with Crippen molar-refractivity contribution in [2.45, 2.75) is 6.92 Å². The van der Waals surface area contributed by atoms with Crippen LogP contribution in [0.4, 0.5) is 0 Å². The number of hydrogen-bond donors (Lipinski definition) is 0. The fraction of sp³-hybridized carbons (Fsp3) is 0.0714. The van der Waals surface area contributed by atoms with Crippen LogP contribution in [0.3, 0.4) is 0 Å². The summed E-state index contributed by atoms with van der Waals surface area (Å²) in [6.07, 6.45) is 0.825. The van der Waals surface area contributed by atoms with Crippen LogP contribution in [-0.4, -0.2) is 6.29 Å². The molecular weight excluding hydrogens is 316 g/mol. The maximum absolute atomic E-state index is 10.7. The third-order valence-electron chi connectivity index (χ3n) is 2.49. The Morgan fingerprint density at radius 3 is 2.67 bits per heavy atom. The molecule has 92 valence electrons. The Hall–Kier alpha value is -1.32. The quantitative estimate of drug-likeness (QED) is 0.741. The molecule has 0 unspecified atom stereocenters. The lowest BCUT2D eigenvalue weighted by Crippen LogP contribution is -1.90. The van der Waals surface area contributed by atoms with Crippen molar-refractivity contribution >= 4 is 33.8 Å². The largest absolute Gasteiger partial charge is 0.456 e. The lowest BCUT2D eigenvalue weighted by atomic mass is 10.1. The molecule has 18 heavy (non-hydrogen) atoms. The Bertz CT molecular complexity index is 596. The van der Waals surface area contributed by atoms with Crippen LogP contribution in [0.25, 0.3) is 0 Å². The van der Waals surface area contributed by atoms with E-state index in [2.05, 4.69) is 15.9 Å². The fourth-order valence-electron chi connectivity index (χ4n) is 1.53. The van der Waals surface area contributed by atoms with Crippen molar-refractivity contribution in [3.8, 4) is 11.5 Å². The van der Waals surface area contributed by atoms with Gasteiger partial charge in [-0.3, -0.25) is 4.79 Å². The molecule has 0 N–H and O–H groups in total. The van der Waals surface area contributed by atoms with Gasteiger partial charge in [-0.2, -0.15) is 0 Å². The summed E-state index contributed by atoms with van der Waals surface area (Å²) in [5, 5.41) is 0.537. The van der Waals surface area contributed by atoms with Gasteiger partial charge in [-0.05, 0) is 48.9 Å². The molecule has 0 heterocycles. The summed E-state index contributed by atoms with van der Waals surface area (Å²) < 4.78 is 6.58. The second-order valence-corrected chi connectivity index (χ2v) is 5.14. The van der Waals surface area contributed by atoms with Crippen molar-refractivity contribution in [3.05, 3.63) is 57.0 Å². The van der Waals surface area contributed by atoms with Gasteiger partial charge in [-0.15, -0.1) is 0 Å². The van der Waals surface area contributed by atoms with E-state index in [1.165, 1.54) is 0 Å². The zero-order valence-corrected chi connectivity index (χ0v) is 12.0. The molecule has 0 saturated heterocycles. The van der Waals surface area contributed by atoms with Crippen LogP contribution in [0.1, 0.15) is 15.9 Å². The maximum Gasteiger partial charge on any atom is 0.150 e. The Balaban J connectivity index is 2.31. The Morgan fingerprint density at radius 2 is 2.00 bits per heavy atom. The number of benzene rings is 2. The summed E-state index contributed by atoms with van der Waals surface area (Å²) in [6.45, 7) is 1.86. The predicted octanol–water partition coefficient (Wildman–Crippen LogP) is 5.02. The van der Waals surface area contributed by atoms with E-state index in [0.29, 0.717) is 22.1 Å². The normalized spacial score (nSPS) is 10.2. The van der Waals surface area contributed by atoms with Crippen LogP contribution in [0.2, 0.25) is 5.02 Å².